The second-order valence-corrected chi connectivity index (χ2v) is 13.5. The molecule has 3 fully saturated rings. The number of aromatic amines is 2. The molecule has 6 heterocycles. The molecular weight excluding hydrogens is 666 g/mol. The van der Waals surface area contributed by atoms with Crippen LogP contribution in [0, 0.1) is 12.8 Å². The van der Waals surface area contributed by atoms with Gasteiger partial charge < -0.3 is 24.7 Å². The molecule has 3 saturated heterocycles. The van der Waals surface area contributed by atoms with Crippen LogP contribution in [0.15, 0.2) is 71.7 Å². The molecule has 0 radical (unpaired) electrons. The number of piperidine rings is 3. The standard InChI is InChI=1S/C35H31N5O9S/c1-17-22(15-36-39-17)26-14-24-29(50-26)31(41)38-30(37-24)25-13-20-10-11-40(25)16-23(20)19-8-5-9-21(12-19)35(47)49-28(33(44)45)27(32(42)43)48-34(46)18-6-3-2-4-7-18/h2-9,12,14-15,20,23,25,27-28H,10-11,13,16H2,1H3,(H,36,39)(H,42,43)(H,44,45)(H,37,38,41)/t20?,23?,25?,27?,28-/m0/s1. The number of rotatable bonds is 10. The summed E-state index contributed by atoms with van der Waals surface area (Å²) in [5.41, 5.74) is 3.14. The van der Waals surface area contributed by atoms with E-state index in [4.69, 9.17) is 14.5 Å². The maximum Gasteiger partial charge on any atom is 0.349 e. The number of nitrogens with one attached hydrogen (secondary N) is 2. The number of ether oxygens (including phenoxy) is 2. The fourth-order valence-corrected chi connectivity index (χ4v) is 7.92. The molecule has 4 N–H and O–H groups in total. The van der Waals surface area contributed by atoms with Gasteiger partial charge in [0, 0.05) is 22.7 Å². The summed E-state index contributed by atoms with van der Waals surface area (Å²) in [7, 11) is 0. The van der Waals surface area contributed by atoms with Crippen LogP contribution >= 0.6 is 11.3 Å². The highest BCUT2D eigenvalue weighted by Crippen LogP contribution is 2.47. The second kappa shape index (κ2) is 13.3. The summed E-state index contributed by atoms with van der Waals surface area (Å²) >= 11 is 1.38. The van der Waals surface area contributed by atoms with E-state index >= 15 is 0 Å². The Morgan fingerprint density at radius 3 is 2.30 bits per heavy atom. The van der Waals surface area contributed by atoms with Crippen LogP contribution in [-0.2, 0) is 19.1 Å². The van der Waals surface area contributed by atoms with Crippen LogP contribution < -0.4 is 5.56 Å². The molecule has 3 aromatic heterocycles. The molecule has 6 atom stereocenters. The number of hydrogen-bond donors (Lipinski definition) is 4. The minimum absolute atomic E-state index is 0.00503. The van der Waals surface area contributed by atoms with Crippen molar-refractivity contribution in [2.24, 2.45) is 5.92 Å². The minimum Gasteiger partial charge on any atom is -0.478 e. The van der Waals surface area contributed by atoms with Gasteiger partial charge in [0.05, 0.1) is 28.9 Å². The Morgan fingerprint density at radius 1 is 0.960 bits per heavy atom. The van der Waals surface area contributed by atoms with Gasteiger partial charge in [0.1, 0.15) is 10.5 Å². The van der Waals surface area contributed by atoms with E-state index in [0.717, 1.165) is 41.1 Å². The lowest BCUT2D eigenvalue weighted by molar-refractivity contribution is -0.166. The van der Waals surface area contributed by atoms with Gasteiger partial charge in [-0.25, -0.2) is 24.2 Å². The van der Waals surface area contributed by atoms with Gasteiger partial charge in [-0.3, -0.25) is 14.8 Å². The number of hydrogen-bond acceptors (Lipinski definition) is 11. The second-order valence-electron chi connectivity index (χ2n) is 12.4. The Balaban J connectivity index is 1.07. The largest absolute Gasteiger partial charge is 0.478 e. The Bertz CT molecular complexity index is 2180. The first-order chi connectivity index (χ1) is 24.1. The van der Waals surface area contributed by atoms with E-state index in [2.05, 4.69) is 20.1 Å². The number of aromatic nitrogens is 4. The van der Waals surface area contributed by atoms with Crippen LogP contribution in [0.4, 0.5) is 0 Å². The lowest BCUT2D eigenvalue weighted by Crippen LogP contribution is -2.48. The molecule has 14 nitrogen and oxygen atoms in total. The molecule has 0 spiro atoms. The zero-order valence-corrected chi connectivity index (χ0v) is 27.4. The summed E-state index contributed by atoms with van der Waals surface area (Å²) < 4.78 is 10.7. The first-order valence-electron chi connectivity index (χ1n) is 15.9. The van der Waals surface area contributed by atoms with E-state index in [1.165, 1.54) is 41.7 Å². The van der Waals surface area contributed by atoms with Crippen LogP contribution in [0.3, 0.4) is 0 Å². The molecule has 3 aliphatic heterocycles. The van der Waals surface area contributed by atoms with Gasteiger partial charge in [0.25, 0.3) is 5.56 Å². The first-order valence-corrected chi connectivity index (χ1v) is 16.7. The lowest BCUT2D eigenvalue weighted by Gasteiger charge is -2.49. The molecule has 2 bridgehead atoms. The van der Waals surface area contributed by atoms with Gasteiger partial charge in [-0.15, -0.1) is 11.3 Å². The Labute approximate surface area is 287 Å². The SMILES string of the molecule is Cc1[nH]ncc1-c1cc2nc(C3CC4CCN3CC4c3cccc(C(=O)O[C@H](C(=O)O)C(OC(=O)c4ccccc4)C(=O)O)c3)[nH]c(=O)c2s1. The van der Waals surface area contributed by atoms with Gasteiger partial charge >= 0.3 is 23.9 Å². The van der Waals surface area contributed by atoms with E-state index in [1.54, 1.807) is 24.4 Å². The van der Waals surface area contributed by atoms with Crippen LogP contribution in [-0.4, -0.2) is 84.5 Å². The maximum atomic E-state index is 13.2. The highest BCUT2D eigenvalue weighted by molar-refractivity contribution is 7.22. The third-order valence-electron chi connectivity index (χ3n) is 9.36. The Morgan fingerprint density at radius 2 is 1.66 bits per heavy atom. The lowest BCUT2D eigenvalue weighted by atomic mass is 9.72. The highest BCUT2D eigenvalue weighted by Gasteiger charge is 2.43. The number of thiophene rings is 1. The number of carboxylic acids is 2. The quantitative estimate of drug-likeness (QED) is 0.152. The molecular formula is C35H31N5O9S. The number of carbonyl (C=O) groups is 4. The van der Waals surface area contributed by atoms with Gasteiger partial charge in [0.2, 0.25) is 12.2 Å². The van der Waals surface area contributed by atoms with Crippen molar-refractivity contribution in [3.8, 4) is 10.4 Å². The molecule has 50 heavy (non-hydrogen) atoms. The van der Waals surface area contributed by atoms with E-state index in [-0.39, 0.29) is 34.6 Å². The van der Waals surface area contributed by atoms with Crippen LogP contribution in [0.2, 0.25) is 0 Å². The third kappa shape index (κ3) is 6.28. The van der Waals surface area contributed by atoms with E-state index in [0.29, 0.717) is 22.6 Å². The average Bonchev–Trinajstić information content (AvgIpc) is 3.76. The van der Waals surface area contributed by atoms with Crippen molar-refractivity contribution in [3.05, 3.63) is 105 Å². The zero-order valence-electron chi connectivity index (χ0n) is 26.6. The maximum absolute atomic E-state index is 13.2. The smallest absolute Gasteiger partial charge is 0.349 e. The van der Waals surface area contributed by atoms with Crippen LogP contribution in [0.5, 0.6) is 0 Å². The molecule has 5 unspecified atom stereocenters. The van der Waals surface area contributed by atoms with Crippen molar-refractivity contribution in [3.63, 3.8) is 0 Å². The monoisotopic (exact) mass is 697 g/mol. The minimum atomic E-state index is -2.30. The summed E-state index contributed by atoms with van der Waals surface area (Å²) in [4.78, 5) is 74.0. The normalized spacial score (nSPS) is 21.0. The Hall–Kier alpha value is -5.67. The molecule has 0 aliphatic carbocycles. The fraction of sp³-hybridized carbons (Fsp3) is 0.286. The topological polar surface area (TPSA) is 205 Å². The number of esters is 2. The van der Waals surface area contributed by atoms with Crippen molar-refractivity contribution in [2.75, 3.05) is 13.1 Å². The van der Waals surface area contributed by atoms with E-state index < -0.39 is 36.1 Å². The predicted octanol–water partition coefficient (Wildman–Crippen LogP) is 4.15. The fourth-order valence-electron chi connectivity index (χ4n) is 6.86. The molecule has 15 heteroatoms. The number of carboxylic acid groups (broad SMARTS) is 2. The van der Waals surface area contributed by atoms with Gasteiger partial charge in [-0.05, 0) is 74.0 Å². The zero-order chi connectivity index (χ0) is 35.1. The summed E-state index contributed by atoms with van der Waals surface area (Å²) in [6.45, 7) is 3.36. The van der Waals surface area contributed by atoms with Crippen molar-refractivity contribution >= 4 is 45.4 Å². The summed E-state index contributed by atoms with van der Waals surface area (Å²) in [6, 6.07) is 15.9. The molecule has 2 aromatic carbocycles. The van der Waals surface area contributed by atoms with Crippen LogP contribution in [0.1, 0.15) is 62.6 Å². The highest BCUT2D eigenvalue weighted by atomic mass is 32.1. The predicted molar refractivity (Wildman–Crippen MR) is 179 cm³/mol. The van der Waals surface area contributed by atoms with E-state index in [9.17, 15) is 34.2 Å². The first kappa shape index (κ1) is 32.9. The molecule has 0 amide bonds. The summed E-state index contributed by atoms with van der Waals surface area (Å²) in [5, 5.41) is 26.5. The number of benzene rings is 2. The third-order valence-corrected chi connectivity index (χ3v) is 10.5. The van der Waals surface area contributed by atoms with Crippen LogP contribution in [0.25, 0.3) is 20.7 Å². The molecule has 5 aromatic rings. The van der Waals surface area contributed by atoms with Crippen molar-refractivity contribution < 1.29 is 38.9 Å². The van der Waals surface area contributed by atoms with Crippen molar-refractivity contribution in [2.45, 2.75) is 43.9 Å². The number of H-pyrrole nitrogens is 2. The molecule has 256 valence electrons. The van der Waals surface area contributed by atoms with Crippen molar-refractivity contribution in [1.82, 2.24) is 25.1 Å². The van der Waals surface area contributed by atoms with Gasteiger partial charge in [0.15, 0.2) is 0 Å². The van der Waals surface area contributed by atoms with Gasteiger partial charge in [-0.1, -0.05) is 30.3 Å². The molecule has 0 saturated carbocycles. The number of fused-ring (bicyclic) bond motifs is 4. The number of nitrogens with zero attached hydrogens (tertiary/aromatic N) is 3. The number of aliphatic carboxylic acids is 2. The molecule has 3 aliphatic rings. The average molecular weight is 698 g/mol. The molecule has 8 rings (SSSR count). The Kier molecular flexibility index (Phi) is 8.76. The van der Waals surface area contributed by atoms with E-state index in [1.807, 2.05) is 19.1 Å². The van der Waals surface area contributed by atoms with Crippen molar-refractivity contribution in [1.29, 1.82) is 0 Å². The number of aryl methyl sites for hydroxylation is 1. The van der Waals surface area contributed by atoms with Gasteiger partial charge in [-0.2, -0.15) is 5.10 Å². The number of carbonyl (C=O) groups excluding carboxylic acids is 2. The summed E-state index contributed by atoms with van der Waals surface area (Å²) in [6.07, 6.45) is -1.25. The summed E-state index contributed by atoms with van der Waals surface area (Å²) in [5.74, 6) is -4.89.